The van der Waals surface area contributed by atoms with Gasteiger partial charge in [-0.1, -0.05) is 19.3 Å². The summed E-state index contributed by atoms with van der Waals surface area (Å²) in [5.41, 5.74) is 5.55. The minimum absolute atomic E-state index is 0. The van der Waals surface area contributed by atoms with E-state index in [9.17, 15) is 17.6 Å². The Labute approximate surface area is 153 Å². The highest BCUT2D eigenvalue weighted by atomic mass is 35.5. The van der Waals surface area contributed by atoms with E-state index in [4.69, 9.17) is 5.73 Å². The van der Waals surface area contributed by atoms with Gasteiger partial charge in [-0.25, -0.2) is 22.3 Å². The van der Waals surface area contributed by atoms with Crippen LogP contribution in [0.25, 0.3) is 0 Å². The van der Waals surface area contributed by atoms with Crippen molar-refractivity contribution in [3.63, 3.8) is 0 Å². The molecule has 0 bridgehead atoms. The monoisotopic (exact) mass is 394 g/mol. The molecule has 0 heterocycles. The molecule has 9 heteroatoms. The second kappa shape index (κ2) is 9.47. The molecule has 0 radical (unpaired) electrons. The quantitative estimate of drug-likeness (QED) is 0.721. The Bertz CT molecular complexity index is 693. The van der Waals surface area contributed by atoms with E-state index in [2.05, 4.69) is 9.46 Å². The van der Waals surface area contributed by atoms with E-state index in [1.807, 2.05) is 0 Å². The molecule has 1 aromatic rings. The lowest BCUT2D eigenvalue weighted by molar-refractivity contribution is 0.0596. The zero-order chi connectivity index (χ0) is 17.7. The lowest BCUT2D eigenvalue weighted by Gasteiger charge is -2.30. The Morgan fingerprint density at radius 2 is 2.00 bits per heavy atom. The van der Waals surface area contributed by atoms with Gasteiger partial charge >= 0.3 is 5.97 Å². The molecule has 1 saturated carbocycles. The third-order valence-corrected chi connectivity index (χ3v) is 5.95. The molecule has 1 aromatic carbocycles. The van der Waals surface area contributed by atoms with E-state index in [0.29, 0.717) is 0 Å². The molecule has 0 aliphatic heterocycles. The molecule has 0 amide bonds. The molecule has 3 N–H and O–H groups in total. The molecule has 1 fully saturated rings. The van der Waals surface area contributed by atoms with E-state index >= 15 is 0 Å². The molecule has 0 saturated heterocycles. The molecule has 142 valence electrons. The molecule has 1 aliphatic carbocycles. The molecule has 2 rings (SSSR count). The van der Waals surface area contributed by atoms with Crippen LogP contribution < -0.4 is 10.5 Å². The van der Waals surface area contributed by atoms with Gasteiger partial charge in [0.25, 0.3) is 0 Å². The predicted octanol–water partition coefficient (Wildman–Crippen LogP) is 2.22. The highest BCUT2D eigenvalue weighted by molar-refractivity contribution is 7.89. The Kier molecular flexibility index (Phi) is 8.27. The topological polar surface area (TPSA) is 98.5 Å². The van der Waals surface area contributed by atoms with Gasteiger partial charge in [0, 0.05) is 12.6 Å². The molecule has 1 aliphatic rings. The molecule has 0 spiro atoms. The number of esters is 1. The smallest absolute Gasteiger partial charge is 0.339 e. The number of rotatable bonds is 6. The van der Waals surface area contributed by atoms with Crippen molar-refractivity contribution in [3.8, 4) is 0 Å². The average molecular weight is 395 g/mol. The number of hydrogen-bond acceptors (Lipinski definition) is 5. The number of carbonyl (C=O) groups is 1. The highest BCUT2D eigenvalue weighted by Crippen LogP contribution is 2.27. The van der Waals surface area contributed by atoms with E-state index in [1.165, 1.54) is 0 Å². The number of nitrogens with two attached hydrogens (primary N) is 1. The number of ether oxygens (including phenoxy) is 1. The summed E-state index contributed by atoms with van der Waals surface area (Å²) in [7, 11) is -2.96. The van der Waals surface area contributed by atoms with Crippen LogP contribution in [0.2, 0.25) is 0 Å². The van der Waals surface area contributed by atoms with Crippen molar-refractivity contribution in [2.24, 2.45) is 11.7 Å². The zero-order valence-corrected chi connectivity index (χ0v) is 15.7. The first-order valence-electron chi connectivity index (χ1n) is 7.99. The SMILES string of the molecule is COC(=O)c1ccc(F)cc1S(=O)(=O)NC(CN)C1CCCCC1.Cl. The number of nitrogens with one attached hydrogen (secondary N) is 1. The van der Waals surface area contributed by atoms with Gasteiger partial charge in [0.1, 0.15) is 5.82 Å². The summed E-state index contributed by atoms with van der Waals surface area (Å²) in [5.74, 6) is -1.43. The van der Waals surface area contributed by atoms with Gasteiger partial charge in [0.2, 0.25) is 10.0 Å². The normalized spacial score (nSPS) is 16.8. The Hall–Kier alpha value is -1.22. The van der Waals surface area contributed by atoms with Gasteiger partial charge in [-0.15, -0.1) is 12.4 Å². The summed E-state index contributed by atoms with van der Waals surface area (Å²) >= 11 is 0. The fourth-order valence-corrected chi connectivity index (χ4v) is 4.66. The van der Waals surface area contributed by atoms with E-state index in [0.717, 1.165) is 57.4 Å². The van der Waals surface area contributed by atoms with Gasteiger partial charge in [-0.05, 0) is 37.0 Å². The van der Waals surface area contributed by atoms with Gasteiger partial charge in [-0.2, -0.15) is 0 Å². The largest absolute Gasteiger partial charge is 0.465 e. The average Bonchev–Trinajstić information content (AvgIpc) is 2.59. The molecular formula is C16H24ClFN2O4S. The number of carbonyl (C=O) groups excluding carboxylic acids is 1. The maximum absolute atomic E-state index is 13.5. The van der Waals surface area contributed by atoms with Crippen LogP contribution in [0.3, 0.4) is 0 Å². The van der Waals surface area contributed by atoms with Crippen LogP contribution in [0.5, 0.6) is 0 Å². The summed E-state index contributed by atoms with van der Waals surface area (Å²) in [4.78, 5) is 11.4. The molecule has 0 aromatic heterocycles. The maximum Gasteiger partial charge on any atom is 0.339 e. The van der Waals surface area contributed by atoms with Crippen molar-refractivity contribution in [1.29, 1.82) is 0 Å². The van der Waals surface area contributed by atoms with Gasteiger partial charge < -0.3 is 10.5 Å². The second-order valence-corrected chi connectivity index (χ2v) is 7.68. The van der Waals surface area contributed by atoms with Crippen LogP contribution in [0.15, 0.2) is 23.1 Å². The number of halogens is 2. The maximum atomic E-state index is 13.5. The van der Waals surface area contributed by atoms with Crippen molar-refractivity contribution in [2.75, 3.05) is 13.7 Å². The van der Waals surface area contributed by atoms with E-state index in [-0.39, 0.29) is 30.4 Å². The number of sulfonamides is 1. The standard InChI is InChI=1S/C16H23FN2O4S.ClH/c1-23-16(20)13-8-7-12(17)9-15(13)24(21,22)19-14(10-18)11-5-3-2-4-6-11;/h7-9,11,14,19H,2-6,10,18H2,1H3;1H. The molecule has 25 heavy (non-hydrogen) atoms. The van der Waals surface area contributed by atoms with Crippen LogP contribution in [-0.4, -0.2) is 34.1 Å². The minimum Gasteiger partial charge on any atom is -0.465 e. The van der Waals surface area contributed by atoms with Crippen LogP contribution in [0.1, 0.15) is 42.5 Å². The van der Waals surface area contributed by atoms with E-state index in [1.54, 1.807) is 0 Å². The molecule has 1 unspecified atom stereocenters. The van der Waals surface area contributed by atoms with E-state index < -0.39 is 32.7 Å². The number of methoxy groups -OCH3 is 1. The summed E-state index contributed by atoms with van der Waals surface area (Å²) in [6, 6.07) is 2.51. The van der Waals surface area contributed by atoms with Gasteiger partial charge in [0.15, 0.2) is 0 Å². The fourth-order valence-electron chi connectivity index (χ4n) is 3.13. The lowest BCUT2D eigenvalue weighted by atomic mass is 9.84. The van der Waals surface area contributed by atoms with Crippen molar-refractivity contribution in [3.05, 3.63) is 29.6 Å². The third-order valence-electron chi connectivity index (χ3n) is 4.42. The molecule has 1 atom stereocenters. The summed E-state index contributed by atoms with van der Waals surface area (Å²) in [5, 5.41) is 0. The zero-order valence-electron chi connectivity index (χ0n) is 14.0. The van der Waals surface area contributed by atoms with Crippen molar-refractivity contribution < 1.29 is 22.3 Å². The number of benzene rings is 1. The minimum atomic E-state index is -4.10. The van der Waals surface area contributed by atoms with Crippen LogP contribution in [0.4, 0.5) is 4.39 Å². The third kappa shape index (κ3) is 5.37. The van der Waals surface area contributed by atoms with Crippen LogP contribution in [0, 0.1) is 11.7 Å². The second-order valence-electron chi connectivity index (χ2n) is 5.99. The van der Waals surface area contributed by atoms with Crippen LogP contribution in [-0.2, 0) is 14.8 Å². The number of hydrogen-bond donors (Lipinski definition) is 2. The first-order valence-corrected chi connectivity index (χ1v) is 9.47. The summed E-state index contributed by atoms with van der Waals surface area (Å²) in [6.07, 6.45) is 5.01. The predicted molar refractivity (Wildman–Crippen MR) is 94.7 cm³/mol. The Balaban J connectivity index is 0.00000312. The first-order chi connectivity index (χ1) is 11.4. The Morgan fingerprint density at radius 1 is 1.36 bits per heavy atom. The highest BCUT2D eigenvalue weighted by Gasteiger charge is 2.30. The summed E-state index contributed by atoms with van der Waals surface area (Å²) in [6.45, 7) is 0.146. The van der Waals surface area contributed by atoms with Gasteiger partial charge in [0.05, 0.1) is 17.6 Å². The van der Waals surface area contributed by atoms with Crippen molar-refractivity contribution in [2.45, 2.75) is 43.0 Å². The molecule has 6 nitrogen and oxygen atoms in total. The van der Waals surface area contributed by atoms with Crippen molar-refractivity contribution >= 4 is 28.4 Å². The van der Waals surface area contributed by atoms with Crippen LogP contribution >= 0.6 is 12.4 Å². The summed E-state index contributed by atoms with van der Waals surface area (Å²) < 4.78 is 46.1. The van der Waals surface area contributed by atoms with Crippen molar-refractivity contribution in [1.82, 2.24) is 4.72 Å². The fraction of sp³-hybridized carbons (Fsp3) is 0.562. The molecular weight excluding hydrogens is 371 g/mol. The first kappa shape index (κ1) is 21.8. The van der Waals surface area contributed by atoms with Gasteiger partial charge in [-0.3, -0.25) is 0 Å². The Morgan fingerprint density at radius 3 is 2.56 bits per heavy atom. The lowest BCUT2D eigenvalue weighted by Crippen LogP contribution is -2.46.